The molecule has 1 heterocycles. The standard InChI is InChI=1S/C20H28BrN5/c1-5-22-19(23-12-18-14(2)25-26(4)15(18)3)24-13-20(9-10-20)16-7-6-8-17(21)11-16/h6-8,11H,5,9-10,12-13H2,1-4H3,(H2,22,23,24). The fourth-order valence-corrected chi connectivity index (χ4v) is 3.74. The van der Waals surface area contributed by atoms with Crippen LogP contribution in [-0.2, 0) is 19.0 Å². The zero-order chi connectivity index (χ0) is 18.7. The molecule has 3 rings (SSSR count). The van der Waals surface area contributed by atoms with Crippen LogP contribution in [0.15, 0.2) is 33.7 Å². The van der Waals surface area contributed by atoms with E-state index in [1.54, 1.807) is 0 Å². The van der Waals surface area contributed by atoms with Crippen LogP contribution in [0.2, 0.25) is 0 Å². The Kier molecular flexibility index (Phi) is 5.70. The molecule has 6 heteroatoms. The number of nitrogens with zero attached hydrogens (tertiary/aromatic N) is 3. The summed E-state index contributed by atoms with van der Waals surface area (Å²) in [5, 5.41) is 11.4. The molecule has 0 aliphatic heterocycles. The summed E-state index contributed by atoms with van der Waals surface area (Å²) in [5.74, 6) is 0.872. The lowest BCUT2D eigenvalue weighted by Gasteiger charge is -2.19. The number of aliphatic imine (C=N–C) groups is 1. The Morgan fingerprint density at radius 3 is 2.65 bits per heavy atom. The number of nitrogens with one attached hydrogen (secondary N) is 2. The molecule has 1 aliphatic carbocycles. The summed E-state index contributed by atoms with van der Waals surface area (Å²) in [7, 11) is 1.98. The van der Waals surface area contributed by atoms with Crippen LogP contribution in [0.25, 0.3) is 0 Å². The molecule has 0 amide bonds. The van der Waals surface area contributed by atoms with E-state index in [1.165, 1.54) is 29.7 Å². The second-order valence-corrected chi connectivity index (χ2v) is 8.03. The molecule has 140 valence electrons. The van der Waals surface area contributed by atoms with Crippen LogP contribution in [0.5, 0.6) is 0 Å². The van der Waals surface area contributed by atoms with Crippen molar-refractivity contribution in [3.05, 3.63) is 51.3 Å². The Bertz CT molecular complexity index is 805. The van der Waals surface area contributed by atoms with Gasteiger partial charge in [-0.3, -0.25) is 4.68 Å². The third-order valence-electron chi connectivity index (χ3n) is 5.28. The van der Waals surface area contributed by atoms with Gasteiger partial charge in [-0.15, -0.1) is 0 Å². The summed E-state index contributed by atoms with van der Waals surface area (Å²) < 4.78 is 3.07. The van der Waals surface area contributed by atoms with Crippen molar-refractivity contribution in [1.82, 2.24) is 20.4 Å². The maximum absolute atomic E-state index is 4.79. The first-order valence-corrected chi connectivity index (χ1v) is 10.0. The first kappa shape index (κ1) is 19.0. The largest absolute Gasteiger partial charge is 0.357 e. The van der Waals surface area contributed by atoms with Crippen LogP contribution in [0.1, 0.15) is 42.3 Å². The topological polar surface area (TPSA) is 54.2 Å². The molecule has 0 spiro atoms. The van der Waals surface area contributed by atoms with Crippen LogP contribution >= 0.6 is 15.9 Å². The van der Waals surface area contributed by atoms with Crippen LogP contribution in [0.3, 0.4) is 0 Å². The average Bonchev–Trinajstić information content (AvgIpc) is 3.36. The molecule has 2 N–H and O–H groups in total. The predicted molar refractivity (Wildman–Crippen MR) is 111 cm³/mol. The van der Waals surface area contributed by atoms with Crippen LogP contribution in [0, 0.1) is 13.8 Å². The van der Waals surface area contributed by atoms with Gasteiger partial charge in [0.15, 0.2) is 5.96 Å². The van der Waals surface area contributed by atoms with Gasteiger partial charge in [0.2, 0.25) is 0 Å². The van der Waals surface area contributed by atoms with Crippen LogP contribution in [-0.4, -0.2) is 28.8 Å². The molecule has 1 saturated carbocycles. The van der Waals surface area contributed by atoms with Crippen molar-refractivity contribution in [2.45, 2.75) is 45.6 Å². The lowest BCUT2D eigenvalue weighted by molar-refractivity contribution is 0.645. The van der Waals surface area contributed by atoms with Gasteiger partial charge in [-0.25, -0.2) is 4.99 Å². The van der Waals surface area contributed by atoms with Gasteiger partial charge in [0.05, 0.1) is 12.2 Å². The summed E-state index contributed by atoms with van der Waals surface area (Å²) in [6.45, 7) is 8.63. The number of aromatic nitrogens is 2. The molecule has 26 heavy (non-hydrogen) atoms. The van der Waals surface area contributed by atoms with E-state index < -0.39 is 0 Å². The lowest BCUT2D eigenvalue weighted by atomic mass is 9.96. The Balaban J connectivity index is 1.69. The molecule has 1 aromatic heterocycles. The number of hydrogen-bond donors (Lipinski definition) is 2. The third-order valence-corrected chi connectivity index (χ3v) is 5.78. The minimum absolute atomic E-state index is 0.236. The lowest BCUT2D eigenvalue weighted by Crippen LogP contribution is -2.41. The number of halogens is 1. The maximum atomic E-state index is 4.79. The molecule has 0 unspecified atom stereocenters. The SMILES string of the molecule is CCNC(=NCc1c(C)nn(C)c1C)NCC1(c2cccc(Br)c2)CC1. The van der Waals surface area contributed by atoms with Crippen molar-refractivity contribution >= 4 is 21.9 Å². The Morgan fingerprint density at radius 1 is 1.31 bits per heavy atom. The summed E-state index contributed by atoms with van der Waals surface area (Å²) in [4.78, 5) is 4.79. The van der Waals surface area contributed by atoms with E-state index in [0.717, 1.165) is 29.2 Å². The summed E-state index contributed by atoms with van der Waals surface area (Å²) >= 11 is 3.59. The monoisotopic (exact) mass is 417 g/mol. The first-order valence-electron chi connectivity index (χ1n) is 9.22. The van der Waals surface area contributed by atoms with Gasteiger partial charge in [-0.2, -0.15) is 5.10 Å². The molecule has 1 aromatic carbocycles. The molecule has 0 atom stereocenters. The average molecular weight is 418 g/mol. The van der Waals surface area contributed by atoms with Crippen molar-refractivity contribution in [2.24, 2.45) is 12.0 Å². The van der Waals surface area contributed by atoms with E-state index in [-0.39, 0.29) is 5.41 Å². The van der Waals surface area contributed by atoms with E-state index >= 15 is 0 Å². The highest BCUT2D eigenvalue weighted by Gasteiger charge is 2.44. The minimum atomic E-state index is 0.236. The van der Waals surface area contributed by atoms with Gasteiger partial charge in [-0.1, -0.05) is 28.1 Å². The van der Waals surface area contributed by atoms with Crippen molar-refractivity contribution in [3.8, 4) is 0 Å². The minimum Gasteiger partial charge on any atom is -0.357 e. The van der Waals surface area contributed by atoms with Crippen molar-refractivity contribution < 1.29 is 0 Å². The Hall–Kier alpha value is -1.82. The van der Waals surface area contributed by atoms with Crippen molar-refractivity contribution in [3.63, 3.8) is 0 Å². The van der Waals surface area contributed by atoms with Gasteiger partial charge in [0, 0.05) is 41.3 Å². The van der Waals surface area contributed by atoms with E-state index in [9.17, 15) is 0 Å². The Morgan fingerprint density at radius 2 is 2.08 bits per heavy atom. The molecular weight excluding hydrogens is 390 g/mol. The van der Waals surface area contributed by atoms with Crippen molar-refractivity contribution in [2.75, 3.05) is 13.1 Å². The van der Waals surface area contributed by atoms with E-state index in [2.05, 4.69) is 69.8 Å². The van der Waals surface area contributed by atoms with Crippen molar-refractivity contribution in [1.29, 1.82) is 0 Å². The zero-order valence-corrected chi connectivity index (χ0v) is 17.7. The van der Waals surface area contributed by atoms with Gasteiger partial charge < -0.3 is 10.6 Å². The quantitative estimate of drug-likeness (QED) is 0.557. The zero-order valence-electron chi connectivity index (χ0n) is 16.1. The van der Waals surface area contributed by atoms with E-state index in [1.807, 2.05) is 18.7 Å². The summed E-state index contributed by atoms with van der Waals surface area (Å²) in [6.07, 6.45) is 2.44. The number of hydrogen-bond acceptors (Lipinski definition) is 2. The number of guanidine groups is 1. The fourth-order valence-electron chi connectivity index (χ4n) is 3.34. The smallest absolute Gasteiger partial charge is 0.191 e. The van der Waals surface area contributed by atoms with Crippen LogP contribution in [0.4, 0.5) is 0 Å². The van der Waals surface area contributed by atoms with Gasteiger partial charge in [-0.05, 0) is 51.3 Å². The fraction of sp³-hybridized carbons (Fsp3) is 0.500. The van der Waals surface area contributed by atoms with Gasteiger partial charge >= 0.3 is 0 Å². The highest BCUT2D eigenvalue weighted by Crippen LogP contribution is 2.48. The predicted octanol–water partition coefficient (Wildman–Crippen LogP) is 3.59. The molecule has 2 aromatic rings. The molecule has 5 nitrogen and oxygen atoms in total. The molecular formula is C20H28BrN5. The third kappa shape index (κ3) is 4.11. The van der Waals surface area contributed by atoms with E-state index in [4.69, 9.17) is 4.99 Å². The molecule has 1 aliphatic rings. The summed E-state index contributed by atoms with van der Waals surface area (Å²) in [6, 6.07) is 8.66. The molecule has 0 saturated heterocycles. The highest BCUT2D eigenvalue weighted by molar-refractivity contribution is 9.10. The normalized spacial score (nSPS) is 15.8. The molecule has 1 fully saturated rings. The molecule has 0 radical (unpaired) electrons. The maximum Gasteiger partial charge on any atom is 0.191 e. The van der Waals surface area contributed by atoms with E-state index in [0.29, 0.717) is 6.54 Å². The summed E-state index contributed by atoms with van der Waals surface area (Å²) in [5.41, 5.74) is 5.07. The number of aryl methyl sites for hydroxylation is 2. The van der Waals surface area contributed by atoms with Crippen LogP contribution < -0.4 is 10.6 Å². The number of benzene rings is 1. The highest BCUT2D eigenvalue weighted by atomic mass is 79.9. The first-order chi connectivity index (χ1) is 12.4. The second-order valence-electron chi connectivity index (χ2n) is 7.11. The second kappa shape index (κ2) is 7.82. The van der Waals surface area contributed by atoms with Gasteiger partial charge in [0.1, 0.15) is 0 Å². The molecule has 0 bridgehead atoms. The van der Waals surface area contributed by atoms with Gasteiger partial charge in [0.25, 0.3) is 0 Å². The Labute approximate surface area is 164 Å². The number of rotatable bonds is 6.